The van der Waals surface area contributed by atoms with Crippen LogP contribution in [0.2, 0.25) is 0 Å². The van der Waals surface area contributed by atoms with E-state index in [-0.39, 0.29) is 12.5 Å². The molecule has 10 nitrogen and oxygen atoms in total. The fourth-order valence-electron chi connectivity index (χ4n) is 4.34. The van der Waals surface area contributed by atoms with E-state index >= 15 is 0 Å². The zero-order valence-electron chi connectivity index (χ0n) is 25.2. The van der Waals surface area contributed by atoms with E-state index < -0.39 is 6.03 Å². The van der Waals surface area contributed by atoms with Crippen LogP contribution < -0.4 is 24.3 Å². The van der Waals surface area contributed by atoms with Gasteiger partial charge in [0.15, 0.2) is 11.5 Å². The summed E-state index contributed by atoms with van der Waals surface area (Å²) in [6.07, 6.45) is 1.18. The second-order valence-electron chi connectivity index (χ2n) is 9.55. The van der Waals surface area contributed by atoms with Gasteiger partial charge in [0.05, 0.1) is 40.7 Å². The molecule has 42 heavy (non-hydrogen) atoms. The molecule has 0 atom stereocenters. The molecule has 3 amide bonds. The van der Waals surface area contributed by atoms with E-state index in [0.29, 0.717) is 67.8 Å². The summed E-state index contributed by atoms with van der Waals surface area (Å²) in [6, 6.07) is 12.5. The maximum atomic E-state index is 13.8. The summed E-state index contributed by atoms with van der Waals surface area (Å²) in [6.45, 7) is 3.66. The molecule has 0 fully saturated rings. The molecular formula is C31H41N3O7S. The SMILES string of the molecule is COCCCN(CC(=O)N(CCc1ccc(OC)c(OC)c1)Cc1sccc1C)C(=O)Nc1ccc(OC)cc1OC. The van der Waals surface area contributed by atoms with Crippen LogP contribution in [0.15, 0.2) is 47.8 Å². The lowest BCUT2D eigenvalue weighted by atomic mass is 10.1. The Hall–Kier alpha value is -3.96. The number of anilines is 1. The van der Waals surface area contributed by atoms with Crippen molar-refractivity contribution in [3.8, 4) is 23.0 Å². The molecule has 0 radical (unpaired) electrons. The quantitative estimate of drug-likeness (QED) is 0.225. The molecule has 1 N–H and O–H groups in total. The third-order valence-corrected chi connectivity index (χ3v) is 7.82. The first-order chi connectivity index (χ1) is 20.3. The van der Waals surface area contributed by atoms with Crippen LogP contribution in [0, 0.1) is 6.92 Å². The highest BCUT2D eigenvalue weighted by Gasteiger charge is 2.23. The van der Waals surface area contributed by atoms with Gasteiger partial charge in [-0.25, -0.2) is 4.79 Å². The average Bonchev–Trinajstić information content (AvgIpc) is 3.42. The summed E-state index contributed by atoms with van der Waals surface area (Å²) in [7, 11) is 7.89. The number of methoxy groups -OCH3 is 5. The summed E-state index contributed by atoms with van der Waals surface area (Å²) < 4.78 is 26.7. The van der Waals surface area contributed by atoms with Gasteiger partial charge in [-0.15, -0.1) is 11.3 Å². The predicted molar refractivity (Wildman–Crippen MR) is 164 cm³/mol. The number of benzene rings is 2. The lowest BCUT2D eigenvalue weighted by Gasteiger charge is -2.28. The van der Waals surface area contributed by atoms with E-state index in [1.807, 2.05) is 36.6 Å². The fourth-order valence-corrected chi connectivity index (χ4v) is 5.26. The molecule has 0 saturated carbocycles. The van der Waals surface area contributed by atoms with Crippen molar-refractivity contribution in [3.63, 3.8) is 0 Å². The minimum absolute atomic E-state index is 0.0929. The number of hydrogen-bond donors (Lipinski definition) is 1. The number of nitrogens with zero attached hydrogens (tertiary/aromatic N) is 2. The van der Waals surface area contributed by atoms with Crippen molar-refractivity contribution in [3.05, 3.63) is 63.8 Å². The van der Waals surface area contributed by atoms with Gasteiger partial charge in [-0.1, -0.05) is 6.07 Å². The van der Waals surface area contributed by atoms with Gasteiger partial charge in [0.2, 0.25) is 5.91 Å². The monoisotopic (exact) mass is 599 g/mol. The first-order valence-electron chi connectivity index (χ1n) is 13.6. The number of urea groups is 1. The molecule has 0 unspecified atom stereocenters. The third kappa shape index (κ3) is 9.02. The van der Waals surface area contributed by atoms with Crippen LogP contribution in [0.5, 0.6) is 23.0 Å². The van der Waals surface area contributed by atoms with Crippen LogP contribution in [0.3, 0.4) is 0 Å². The van der Waals surface area contributed by atoms with Crippen molar-refractivity contribution in [2.45, 2.75) is 26.3 Å². The highest BCUT2D eigenvalue weighted by molar-refractivity contribution is 7.10. The summed E-state index contributed by atoms with van der Waals surface area (Å²) in [5.74, 6) is 2.19. The minimum atomic E-state index is -0.407. The minimum Gasteiger partial charge on any atom is -0.497 e. The first-order valence-corrected chi connectivity index (χ1v) is 14.5. The Morgan fingerprint density at radius 1 is 0.833 bits per heavy atom. The second kappa shape index (κ2) is 16.5. The summed E-state index contributed by atoms with van der Waals surface area (Å²) >= 11 is 1.61. The van der Waals surface area contributed by atoms with Crippen molar-refractivity contribution >= 4 is 29.0 Å². The lowest BCUT2D eigenvalue weighted by molar-refractivity contribution is -0.132. The van der Waals surface area contributed by atoms with E-state index in [1.165, 1.54) is 12.0 Å². The molecule has 3 rings (SSSR count). The van der Waals surface area contributed by atoms with Gasteiger partial charge in [0.1, 0.15) is 18.0 Å². The molecule has 0 aliphatic rings. The van der Waals surface area contributed by atoms with Gasteiger partial charge in [-0.05, 0) is 66.6 Å². The number of thiophene rings is 1. The van der Waals surface area contributed by atoms with Crippen molar-refractivity contribution in [2.75, 3.05) is 67.1 Å². The molecule has 0 aliphatic heterocycles. The number of ether oxygens (including phenoxy) is 5. The smallest absolute Gasteiger partial charge is 0.322 e. The van der Waals surface area contributed by atoms with E-state index in [0.717, 1.165) is 16.0 Å². The topological polar surface area (TPSA) is 98.8 Å². The number of rotatable bonds is 16. The van der Waals surface area contributed by atoms with Gasteiger partial charge >= 0.3 is 6.03 Å². The van der Waals surface area contributed by atoms with Crippen LogP contribution in [-0.4, -0.2) is 83.5 Å². The number of hydrogen-bond acceptors (Lipinski definition) is 8. The zero-order chi connectivity index (χ0) is 30.5. The number of carbonyl (C=O) groups excluding carboxylic acids is 2. The van der Waals surface area contributed by atoms with Crippen LogP contribution >= 0.6 is 11.3 Å². The lowest BCUT2D eigenvalue weighted by Crippen LogP contribution is -2.45. The third-order valence-electron chi connectivity index (χ3n) is 6.81. The van der Waals surface area contributed by atoms with Gasteiger partial charge in [0.25, 0.3) is 0 Å². The van der Waals surface area contributed by atoms with Crippen molar-refractivity contribution in [2.24, 2.45) is 0 Å². The van der Waals surface area contributed by atoms with Crippen molar-refractivity contribution in [1.29, 1.82) is 0 Å². The highest BCUT2D eigenvalue weighted by Crippen LogP contribution is 2.30. The normalized spacial score (nSPS) is 10.6. The van der Waals surface area contributed by atoms with Crippen molar-refractivity contribution in [1.82, 2.24) is 9.80 Å². The van der Waals surface area contributed by atoms with Crippen molar-refractivity contribution < 1.29 is 33.3 Å². The molecule has 0 aliphatic carbocycles. The molecule has 0 bridgehead atoms. The van der Waals surface area contributed by atoms with Crippen LogP contribution in [-0.2, 0) is 22.5 Å². The van der Waals surface area contributed by atoms with E-state index in [1.54, 1.807) is 62.9 Å². The molecule has 0 saturated heterocycles. The molecule has 11 heteroatoms. The van der Waals surface area contributed by atoms with E-state index in [9.17, 15) is 9.59 Å². The Morgan fingerprint density at radius 3 is 2.24 bits per heavy atom. The van der Waals surface area contributed by atoms with E-state index in [4.69, 9.17) is 23.7 Å². The second-order valence-corrected chi connectivity index (χ2v) is 10.5. The van der Waals surface area contributed by atoms with Crippen LogP contribution in [0.4, 0.5) is 10.5 Å². The molecule has 3 aromatic rings. The largest absolute Gasteiger partial charge is 0.497 e. The number of carbonyl (C=O) groups is 2. The van der Waals surface area contributed by atoms with Crippen LogP contribution in [0.1, 0.15) is 22.4 Å². The van der Waals surface area contributed by atoms with E-state index in [2.05, 4.69) is 5.32 Å². The molecule has 0 spiro atoms. The van der Waals surface area contributed by atoms with Crippen LogP contribution in [0.25, 0.3) is 0 Å². The number of nitrogens with one attached hydrogen (secondary N) is 1. The molecule has 1 heterocycles. The number of amides is 3. The fraction of sp³-hybridized carbons (Fsp3) is 0.419. The molecule has 1 aromatic heterocycles. The summed E-state index contributed by atoms with van der Waals surface area (Å²) in [5, 5.41) is 4.91. The Balaban J connectivity index is 1.80. The summed E-state index contributed by atoms with van der Waals surface area (Å²) in [5.41, 5.74) is 2.62. The molecule has 2 aromatic carbocycles. The Morgan fingerprint density at radius 2 is 1.60 bits per heavy atom. The Labute approximate surface area is 252 Å². The maximum absolute atomic E-state index is 13.8. The maximum Gasteiger partial charge on any atom is 0.322 e. The Bertz CT molecular complexity index is 1310. The van der Waals surface area contributed by atoms with Gasteiger partial charge in [0, 0.05) is 37.7 Å². The Kier molecular flexibility index (Phi) is 12.8. The first kappa shape index (κ1) is 32.6. The highest BCUT2D eigenvalue weighted by atomic mass is 32.1. The van der Waals surface area contributed by atoms with Gasteiger partial charge < -0.3 is 38.8 Å². The summed E-state index contributed by atoms with van der Waals surface area (Å²) in [4.78, 5) is 31.7. The molecular weight excluding hydrogens is 558 g/mol. The zero-order valence-corrected chi connectivity index (χ0v) is 26.0. The molecule has 228 valence electrons. The average molecular weight is 600 g/mol. The van der Waals surface area contributed by atoms with Gasteiger partial charge in [-0.2, -0.15) is 0 Å². The predicted octanol–water partition coefficient (Wildman–Crippen LogP) is 5.23. The van der Waals surface area contributed by atoms with Gasteiger partial charge in [-0.3, -0.25) is 4.79 Å². The standard InChI is InChI=1S/C31H41N3O7S/c1-22-13-17-42-29(22)20-33(15-12-23-8-11-26(39-4)28(18-23)41-6)30(35)21-34(14-7-16-37-2)31(36)32-25-10-9-24(38-3)19-27(25)40-5/h8-11,13,17-19H,7,12,14-16,20-21H2,1-6H3,(H,32,36). The number of aryl methyl sites for hydroxylation is 1.